The van der Waals surface area contributed by atoms with E-state index in [1.54, 1.807) is 53.0 Å². The largest absolute Gasteiger partial charge is 0.384 e. The number of hydrogen-bond donors (Lipinski definition) is 2. The summed E-state index contributed by atoms with van der Waals surface area (Å²) in [6.07, 6.45) is 5.66. The van der Waals surface area contributed by atoms with E-state index < -0.39 is 10.0 Å². The zero-order chi connectivity index (χ0) is 20.4. The highest BCUT2D eigenvalue weighted by molar-refractivity contribution is 7.89. The molecular weight excluding hydrogens is 388 g/mol. The molecule has 0 unspecified atom stereocenters. The Labute approximate surface area is 170 Å². The molecule has 152 valence electrons. The number of carbonyl (C=O) groups excluding carboxylic acids is 1. The van der Waals surface area contributed by atoms with Crippen molar-refractivity contribution in [1.82, 2.24) is 14.6 Å². The smallest absolute Gasteiger partial charge is 0.244 e. The molecule has 1 saturated heterocycles. The maximum Gasteiger partial charge on any atom is 0.244 e. The summed E-state index contributed by atoms with van der Waals surface area (Å²) in [7, 11) is -3.39. The van der Waals surface area contributed by atoms with Gasteiger partial charge in [0.05, 0.1) is 4.90 Å². The first-order chi connectivity index (χ1) is 13.9. The van der Waals surface area contributed by atoms with Crippen LogP contribution in [0.2, 0.25) is 0 Å². The lowest BCUT2D eigenvalue weighted by atomic mass is 10.2. The maximum absolute atomic E-state index is 12.7. The van der Waals surface area contributed by atoms with Gasteiger partial charge in [-0.05, 0) is 60.1 Å². The second-order valence-electron chi connectivity index (χ2n) is 7.56. The van der Waals surface area contributed by atoms with Gasteiger partial charge in [0.15, 0.2) is 0 Å². The number of amides is 1. The molecule has 0 bridgehead atoms. The van der Waals surface area contributed by atoms with Crippen molar-refractivity contribution in [3.63, 3.8) is 0 Å². The summed E-state index contributed by atoms with van der Waals surface area (Å²) in [6.45, 7) is 1.74. The number of nitrogens with one attached hydrogen (secondary N) is 1. The number of nitrogens with zero attached hydrogens (tertiary/aromatic N) is 2. The predicted molar refractivity (Wildman–Crippen MR) is 111 cm³/mol. The van der Waals surface area contributed by atoms with Crippen LogP contribution in [0.4, 0.5) is 5.82 Å². The van der Waals surface area contributed by atoms with Crippen LogP contribution in [0.5, 0.6) is 0 Å². The van der Waals surface area contributed by atoms with Gasteiger partial charge in [0.25, 0.3) is 0 Å². The van der Waals surface area contributed by atoms with E-state index in [4.69, 9.17) is 5.73 Å². The molecule has 1 aromatic heterocycles. The first-order valence-electron chi connectivity index (χ1n) is 9.68. The van der Waals surface area contributed by atoms with Crippen LogP contribution in [0.3, 0.4) is 0 Å². The molecule has 0 spiro atoms. The molecule has 7 nitrogen and oxygen atoms in total. The Morgan fingerprint density at radius 2 is 1.90 bits per heavy atom. The van der Waals surface area contributed by atoms with E-state index in [1.807, 2.05) is 6.07 Å². The minimum absolute atomic E-state index is 0.152. The third kappa shape index (κ3) is 4.33. The van der Waals surface area contributed by atoms with Gasteiger partial charge in [0.2, 0.25) is 15.9 Å². The SMILES string of the molecule is Nc1ccc(/C=C/C(=O)NCC[C@@H]2[C@H]3CN(S(=O)(=O)c4ccccc4)C[C@@H]23)cn1. The molecule has 3 N–H and O–H groups in total. The Kier molecular flexibility index (Phi) is 5.38. The summed E-state index contributed by atoms with van der Waals surface area (Å²) in [5.74, 6) is 1.59. The van der Waals surface area contributed by atoms with E-state index in [2.05, 4.69) is 10.3 Å². The molecule has 1 aromatic carbocycles. The molecule has 1 aliphatic heterocycles. The van der Waals surface area contributed by atoms with Crippen molar-refractivity contribution in [3.8, 4) is 0 Å². The number of benzene rings is 1. The lowest BCUT2D eigenvalue weighted by Gasteiger charge is -2.19. The molecule has 8 heteroatoms. The van der Waals surface area contributed by atoms with Crippen molar-refractivity contribution < 1.29 is 13.2 Å². The molecule has 29 heavy (non-hydrogen) atoms. The average Bonchev–Trinajstić information content (AvgIpc) is 3.16. The number of fused-ring (bicyclic) bond motifs is 1. The average molecular weight is 413 g/mol. The summed E-state index contributed by atoms with van der Waals surface area (Å²) in [5.41, 5.74) is 6.34. The third-order valence-corrected chi connectivity index (χ3v) is 7.58. The highest BCUT2D eigenvalue weighted by Gasteiger charge is 2.57. The fourth-order valence-corrected chi connectivity index (χ4v) is 5.62. The van der Waals surface area contributed by atoms with Gasteiger partial charge in [-0.2, -0.15) is 4.31 Å². The van der Waals surface area contributed by atoms with Gasteiger partial charge < -0.3 is 11.1 Å². The van der Waals surface area contributed by atoms with E-state index in [9.17, 15) is 13.2 Å². The van der Waals surface area contributed by atoms with Crippen molar-refractivity contribution in [2.45, 2.75) is 11.3 Å². The summed E-state index contributed by atoms with van der Waals surface area (Å²) in [5, 5.41) is 2.89. The molecule has 3 atom stereocenters. The molecule has 1 amide bonds. The van der Waals surface area contributed by atoms with Crippen molar-refractivity contribution in [2.75, 3.05) is 25.4 Å². The normalized spacial score (nSPS) is 23.8. The van der Waals surface area contributed by atoms with Crippen molar-refractivity contribution in [3.05, 3.63) is 60.3 Å². The fourth-order valence-electron chi connectivity index (χ4n) is 4.08. The molecular formula is C21H24N4O3S. The van der Waals surface area contributed by atoms with Crippen molar-refractivity contribution in [2.24, 2.45) is 17.8 Å². The summed E-state index contributed by atoms with van der Waals surface area (Å²) >= 11 is 0. The standard InChI is InChI=1S/C21H24N4O3S/c22-20-8-6-15(12-24-20)7-9-21(26)23-11-10-17-18-13-25(14-19(17)18)29(27,28)16-4-2-1-3-5-16/h1-9,12,17-19H,10-11,13-14H2,(H2,22,24)(H,23,26)/b9-7+/t17-,18-,19+. The van der Waals surface area contributed by atoms with E-state index in [0.29, 0.717) is 48.1 Å². The highest BCUT2D eigenvalue weighted by Crippen LogP contribution is 2.54. The van der Waals surface area contributed by atoms with Crippen LogP contribution in [-0.2, 0) is 14.8 Å². The Morgan fingerprint density at radius 1 is 1.17 bits per heavy atom. The molecule has 2 fully saturated rings. The molecule has 2 heterocycles. The molecule has 0 radical (unpaired) electrons. The third-order valence-electron chi connectivity index (χ3n) is 5.73. The van der Waals surface area contributed by atoms with E-state index >= 15 is 0 Å². The van der Waals surface area contributed by atoms with E-state index in [1.165, 1.54) is 6.08 Å². The van der Waals surface area contributed by atoms with Crippen LogP contribution >= 0.6 is 0 Å². The topological polar surface area (TPSA) is 105 Å². The Morgan fingerprint density at radius 3 is 2.55 bits per heavy atom. The predicted octanol–water partition coefficient (Wildman–Crippen LogP) is 1.75. The number of nitrogens with two attached hydrogens (primary N) is 1. The summed E-state index contributed by atoms with van der Waals surface area (Å²) < 4.78 is 26.9. The number of aromatic nitrogens is 1. The van der Waals surface area contributed by atoms with Crippen LogP contribution in [0.1, 0.15) is 12.0 Å². The van der Waals surface area contributed by atoms with Crippen LogP contribution < -0.4 is 11.1 Å². The van der Waals surface area contributed by atoms with Gasteiger partial charge in [-0.25, -0.2) is 13.4 Å². The quantitative estimate of drug-likeness (QED) is 0.674. The Hall–Kier alpha value is -2.71. The van der Waals surface area contributed by atoms with Gasteiger partial charge in [0.1, 0.15) is 5.82 Å². The zero-order valence-corrected chi connectivity index (χ0v) is 16.8. The number of nitrogen functional groups attached to an aromatic ring is 1. The minimum atomic E-state index is -3.39. The highest BCUT2D eigenvalue weighted by atomic mass is 32.2. The van der Waals surface area contributed by atoms with Crippen LogP contribution in [0.25, 0.3) is 6.08 Å². The first kappa shape index (κ1) is 19.6. The van der Waals surface area contributed by atoms with Crippen molar-refractivity contribution in [1.29, 1.82) is 0 Å². The van der Waals surface area contributed by atoms with E-state index in [-0.39, 0.29) is 5.91 Å². The van der Waals surface area contributed by atoms with E-state index in [0.717, 1.165) is 12.0 Å². The summed E-state index contributed by atoms with van der Waals surface area (Å²) in [6, 6.07) is 12.1. The van der Waals surface area contributed by atoms with Crippen LogP contribution in [0.15, 0.2) is 59.6 Å². The molecule has 1 aliphatic carbocycles. The van der Waals surface area contributed by atoms with Gasteiger partial charge in [0, 0.05) is 31.9 Å². The lowest BCUT2D eigenvalue weighted by Crippen LogP contribution is -2.32. The monoisotopic (exact) mass is 412 g/mol. The molecule has 1 saturated carbocycles. The number of hydrogen-bond acceptors (Lipinski definition) is 5. The second-order valence-corrected chi connectivity index (χ2v) is 9.49. The number of pyridine rings is 1. The van der Waals surface area contributed by atoms with Crippen LogP contribution in [0, 0.1) is 17.8 Å². The van der Waals surface area contributed by atoms with Gasteiger partial charge >= 0.3 is 0 Å². The van der Waals surface area contributed by atoms with Gasteiger partial charge in [-0.3, -0.25) is 4.79 Å². The number of sulfonamides is 1. The van der Waals surface area contributed by atoms with Crippen molar-refractivity contribution >= 4 is 27.8 Å². The molecule has 2 aromatic rings. The second kappa shape index (κ2) is 7.96. The Bertz CT molecular complexity index is 994. The number of piperidine rings is 1. The minimum Gasteiger partial charge on any atom is -0.384 e. The van der Waals surface area contributed by atoms with Crippen LogP contribution in [-0.4, -0.2) is 43.2 Å². The Balaban J connectivity index is 1.20. The fraction of sp³-hybridized carbons (Fsp3) is 0.333. The number of anilines is 1. The number of carbonyl (C=O) groups is 1. The maximum atomic E-state index is 12.7. The van der Waals surface area contributed by atoms with Gasteiger partial charge in [-0.1, -0.05) is 18.2 Å². The first-order valence-corrected chi connectivity index (χ1v) is 11.1. The van der Waals surface area contributed by atoms with Gasteiger partial charge in [-0.15, -0.1) is 0 Å². The molecule has 4 rings (SSSR count). The molecule has 2 aliphatic rings. The lowest BCUT2D eigenvalue weighted by molar-refractivity contribution is -0.116. The zero-order valence-electron chi connectivity index (χ0n) is 15.9. The summed E-state index contributed by atoms with van der Waals surface area (Å²) in [4.78, 5) is 16.3. The number of rotatable bonds is 7.